The zero-order valence-electron chi connectivity index (χ0n) is 33.5. The molecule has 1 saturated carbocycles. The van der Waals surface area contributed by atoms with E-state index in [4.69, 9.17) is 4.43 Å². The van der Waals surface area contributed by atoms with Crippen molar-refractivity contribution in [3.8, 4) is 0 Å². The maximum Gasteiger partial charge on any atom is 0.337 e. The number of ether oxygens (including phenoxy) is 1. The molecule has 2 aliphatic rings. The van der Waals surface area contributed by atoms with E-state index in [1.807, 2.05) is 6.07 Å². The average Bonchev–Trinajstić information content (AvgIpc) is 3.81. The molecule has 0 saturated heterocycles. The van der Waals surface area contributed by atoms with E-state index in [-0.39, 0.29) is 26.9 Å². The normalized spacial score (nSPS) is 18.3. The second-order valence-corrected chi connectivity index (χ2v) is 19.0. The lowest BCUT2D eigenvalue weighted by molar-refractivity contribution is 0.0600. The number of allylic oxidation sites excluding steroid dienone is 2. The third-order valence-electron chi connectivity index (χ3n) is 10.8. The maximum atomic E-state index is 10.8. The van der Waals surface area contributed by atoms with Crippen LogP contribution in [0, 0.1) is 17.8 Å². The molecule has 0 aromatic heterocycles. The molecule has 8 rings (SSSR count). The second-order valence-electron chi connectivity index (χ2n) is 15.2. The number of benzene rings is 6. The van der Waals surface area contributed by atoms with Crippen LogP contribution in [0.5, 0.6) is 0 Å². The van der Waals surface area contributed by atoms with Gasteiger partial charge in [0.2, 0.25) is 8.32 Å². The van der Waals surface area contributed by atoms with Gasteiger partial charge in [-0.2, -0.15) is 0 Å². The SMILES string of the molecule is C.C.C=CC1CC(/C=C/c2ccccc2)C(C2O[Si](C)(C)c3ccccc32)C1.COC(=O)c1ccccc1.c1ccc(CN(Cc2ccccc2)c2ccccc2)cc1. The lowest BCUT2D eigenvalue weighted by atomic mass is 9.86. The van der Waals surface area contributed by atoms with E-state index in [0.717, 1.165) is 13.1 Å². The predicted molar refractivity (Wildman–Crippen MR) is 253 cm³/mol. The van der Waals surface area contributed by atoms with E-state index in [1.165, 1.54) is 53.1 Å². The fourth-order valence-electron chi connectivity index (χ4n) is 7.94. The highest BCUT2D eigenvalue weighted by atomic mass is 28.4. The van der Waals surface area contributed by atoms with E-state index in [0.29, 0.717) is 23.3 Å². The van der Waals surface area contributed by atoms with Crippen molar-refractivity contribution in [2.75, 3.05) is 12.0 Å². The largest absolute Gasteiger partial charge is 0.465 e. The maximum absolute atomic E-state index is 10.8. The number of hydrogen-bond acceptors (Lipinski definition) is 4. The molecule has 0 radical (unpaired) electrons. The summed E-state index contributed by atoms with van der Waals surface area (Å²) in [5.41, 5.74) is 7.22. The van der Waals surface area contributed by atoms with Gasteiger partial charge >= 0.3 is 5.97 Å². The van der Waals surface area contributed by atoms with Crippen molar-refractivity contribution in [1.29, 1.82) is 0 Å². The topological polar surface area (TPSA) is 38.8 Å². The van der Waals surface area contributed by atoms with Crippen LogP contribution in [0.2, 0.25) is 13.1 Å². The molecule has 6 aromatic carbocycles. The van der Waals surface area contributed by atoms with Crippen molar-refractivity contribution in [2.24, 2.45) is 17.8 Å². The Labute approximate surface area is 356 Å². The molecule has 0 amide bonds. The van der Waals surface area contributed by atoms with Crippen molar-refractivity contribution < 1.29 is 14.0 Å². The third kappa shape index (κ3) is 12.9. The van der Waals surface area contributed by atoms with Crippen LogP contribution < -0.4 is 10.1 Å². The molecule has 0 N–H and O–H groups in total. The van der Waals surface area contributed by atoms with Crippen LogP contribution in [0.25, 0.3) is 6.08 Å². The van der Waals surface area contributed by atoms with Crippen molar-refractivity contribution in [3.63, 3.8) is 0 Å². The van der Waals surface area contributed by atoms with Crippen LogP contribution in [-0.2, 0) is 22.3 Å². The van der Waals surface area contributed by atoms with Crippen molar-refractivity contribution in [1.82, 2.24) is 0 Å². The van der Waals surface area contributed by atoms with E-state index in [2.05, 4.69) is 193 Å². The summed E-state index contributed by atoms with van der Waals surface area (Å²) in [5, 5.41) is 1.48. The number of nitrogens with zero attached hydrogens (tertiary/aromatic N) is 1. The number of esters is 1. The first-order chi connectivity index (χ1) is 27.8. The van der Waals surface area contributed by atoms with Crippen LogP contribution in [-0.4, -0.2) is 21.4 Å². The summed E-state index contributed by atoms with van der Waals surface area (Å²) in [6.07, 6.45) is 9.45. The highest BCUT2D eigenvalue weighted by molar-refractivity contribution is 6.85. The number of para-hydroxylation sites is 1. The van der Waals surface area contributed by atoms with E-state index < -0.39 is 8.32 Å². The molecule has 0 bridgehead atoms. The number of carbonyl (C=O) groups excluding carboxylic acids is 1. The van der Waals surface area contributed by atoms with Gasteiger partial charge < -0.3 is 14.1 Å². The molecule has 1 fully saturated rings. The standard InChI is InChI=1S/C24H28OSi.C20H19N.C8H8O2.2CH4/c1-4-18-16-20(15-14-19-10-6-5-7-11-19)22(17-18)24-21-12-8-9-13-23(21)26(2,3)25-24;1-4-10-18(11-5-1)16-21(20-14-8-3-9-15-20)17-19-12-6-2-7-13-19;1-10-8(9)7-5-3-2-4-6-7;;/h4-15,18,20,22,24H,1,16-17H2,2-3H3;1-15H,16-17H2;2-6H,1H3;2*1H4/b15-14+;;;;. The van der Waals surface area contributed by atoms with Gasteiger partial charge in [0, 0.05) is 18.8 Å². The molecule has 4 nitrogen and oxygen atoms in total. The number of carbonyl (C=O) groups is 1. The van der Waals surface area contributed by atoms with Crippen LogP contribution in [0.3, 0.4) is 0 Å². The lowest BCUT2D eigenvalue weighted by Gasteiger charge is -2.27. The van der Waals surface area contributed by atoms with Crippen LogP contribution in [0.15, 0.2) is 195 Å². The van der Waals surface area contributed by atoms with E-state index in [1.54, 1.807) is 24.3 Å². The fraction of sp³-hybridized carbons (Fsp3) is 0.241. The Morgan fingerprint density at radius 2 is 1.19 bits per heavy atom. The van der Waals surface area contributed by atoms with Gasteiger partial charge in [-0.25, -0.2) is 4.79 Å². The Balaban J connectivity index is 0.000000209. The molecule has 5 heteroatoms. The van der Waals surface area contributed by atoms with Gasteiger partial charge in [0.1, 0.15) is 0 Å². The summed E-state index contributed by atoms with van der Waals surface area (Å²) >= 11 is 0. The van der Waals surface area contributed by atoms with Crippen molar-refractivity contribution >= 4 is 31.2 Å². The number of fused-ring (bicyclic) bond motifs is 1. The molecule has 0 spiro atoms. The number of anilines is 1. The summed E-state index contributed by atoms with van der Waals surface area (Å²) in [5.74, 6) is 1.37. The highest BCUT2D eigenvalue weighted by Crippen LogP contribution is 2.49. The Morgan fingerprint density at radius 1 is 0.695 bits per heavy atom. The smallest absolute Gasteiger partial charge is 0.337 e. The Morgan fingerprint density at radius 3 is 1.73 bits per heavy atom. The molecule has 1 aliphatic carbocycles. The van der Waals surface area contributed by atoms with Gasteiger partial charge in [-0.1, -0.05) is 185 Å². The molecule has 6 aromatic rings. The summed E-state index contributed by atoms with van der Waals surface area (Å²) in [6.45, 7) is 10.6. The van der Waals surface area contributed by atoms with E-state index >= 15 is 0 Å². The molecule has 59 heavy (non-hydrogen) atoms. The number of methoxy groups -OCH3 is 1. The first-order valence-electron chi connectivity index (χ1n) is 20.0. The quantitative estimate of drug-likeness (QED) is 0.0786. The lowest BCUT2D eigenvalue weighted by Crippen LogP contribution is -2.40. The summed E-state index contributed by atoms with van der Waals surface area (Å²) in [6, 6.07) is 60.2. The van der Waals surface area contributed by atoms with Gasteiger partial charge in [0.15, 0.2) is 0 Å². The monoisotopic (exact) mass is 801 g/mol. The number of rotatable bonds is 10. The molecule has 4 atom stereocenters. The zero-order chi connectivity index (χ0) is 39.9. The minimum Gasteiger partial charge on any atom is -0.465 e. The molecular weight excluding hydrogens is 739 g/mol. The molecule has 1 heterocycles. The van der Waals surface area contributed by atoms with Crippen molar-refractivity contribution in [2.45, 2.75) is 60.0 Å². The zero-order valence-corrected chi connectivity index (χ0v) is 34.5. The first-order valence-corrected chi connectivity index (χ1v) is 22.9. The van der Waals surface area contributed by atoms with Crippen molar-refractivity contribution in [3.05, 3.63) is 222 Å². The Kier molecular flexibility index (Phi) is 17.9. The predicted octanol–water partition coefficient (Wildman–Crippen LogP) is 13.4. The minimum atomic E-state index is -1.79. The number of hydrogen-bond donors (Lipinski definition) is 0. The van der Waals surface area contributed by atoms with Gasteiger partial charge in [-0.3, -0.25) is 0 Å². The van der Waals surface area contributed by atoms with Gasteiger partial charge in [0.25, 0.3) is 0 Å². The molecule has 4 unspecified atom stereocenters. The summed E-state index contributed by atoms with van der Waals surface area (Å²) in [7, 11) is -0.420. The van der Waals surface area contributed by atoms with Crippen LogP contribution in [0.1, 0.15) is 66.4 Å². The van der Waals surface area contributed by atoms with E-state index in [9.17, 15) is 4.79 Å². The minimum absolute atomic E-state index is 0. The molecule has 306 valence electrons. The van der Waals surface area contributed by atoms with Gasteiger partial charge in [0.05, 0.1) is 18.8 Å². The Hall–Kier alpha value is -5.75. The third-order valence-corrected chi connectivity index (χ3v) is 13.4. The summed E-state index contributed by atoms with van der Waals surface area (Å²) < 4.78 is 11.2. The molecular formula is C54H63NO3Si. The average molecular weight is 802 g/mol. The second kappa shape index (κ2) is 23.0. The summed E-state index contributed by atoms with van der Waals surface area (Å²) in [4.78, 5) is 13.2. The van der Waals surface area contributed by atoms with Crippen LogP contribution in [0.4, 0.5) is 5.69 Å². The fourth-order valence-corrected chi connectivity index (χ4v) is 10.4. The Bertz CT molecular complexity index is 2100. The first kappa shape index (κ1) is 45.9. The van der Waals surface area contributed by atoms with Gasteiger partial charge in [-0.05, 0) is 95.4 Å². The highest BCUT2D eigenvalue weighted by Gasteiger charge is 2.47. The molecule has 1 aliphatic heterocycles. The van der Waals surface area contributed by atoms with Gasteiger partial charge in [-0.15, -0.1) is 6.58 Å². The van der Waals surface area contributed by atoms with Crippen LogP contribution >= 0.6 is 0 Å².